The summed E-state index contributed by atoms with van der Waals surface area (Å²) in [4.78, 5) is 19.1. The van der Waals surface area contributed by atoms with Crippen molar-refractivity contribution in [3.8, 4) is 17.1 Å². The van der Waals surface area contributed by atoms with E-state index in [1.165, 1.54) is 6.26 Å². The van der Waals surface area contributed by atoms with Crippen molar-refractivity contribution in [2.24, 2.45) is 0 Å². The lowest BCUT2D eigenvalue weighted by Gasteiger charge is -2.21. The van der Waals surface area contributed by atoms with Gasteiger partial charge >= 0.3 is 0 Å². The van der Waals surface area contributed by atoms with E-state index >= 15 is 0 Å². The van der Waals surface area contributed by atoms with Crippen LogP contribution in [0, 0.1) is 0 Å². The van der Waals surface area contributed by atoms with E-state index in [0.717, 1.165) is 16.9 Å². The topological polar surface area (TPSA) is 81.6 Å². The van der Waals surface area contributed by atoms with Gasteiger partial charge in [-0.25, -0.2) is 0 Å². The van der Waals surface area contributed by atoms with E-state index in [1.807, 2.05) is 54.6 Å². The molecule has 0 radical (unpaired) electrons. The Morgan fingerprint density at radius 1 is 1.07 bits per heavy atom. The van der Waals surface area contributed by atoms with Gasteiger partial charge in [-0.05, 0) is 29.8 Å². The molecule has 7 nitrogen and oxygen atoms in total. The van der Waals surface area contributed by atoms with Gasteiger partial charge in [0.05, 0.1) is 13.4 Å². The van der Waals surface area contributed by atoms with E-state index in [0.29, 0.717) is 37.0 Å². The second kappa shape index (κ2) is 9.09. The van der Waals surface area contributed by atoms with Crippen LogP contribution >= 0.6 is 0 Å². The fourth-order valence-electron chi connectivity index (χ4n) is 3.08. The first-order valence-corrected chi connectivity index (χ1v) is 9.56. The molecule has 0 fully saturated rings. The molecule has 0 spiro atoms. The Hall–Kier alpha value is -3.87. The molecular weight excluding hydrogens is 382 g/mol. The molecule has 0 bridgehead atoms. The smallest absolute Gasteiger partial charge is 0.289 e. The fraction of sp³-hybridized carbons (Fsp3) is 0.174. The molecule has 4 aromatic rings. The van der Waals surface area contributed by atoms with Crippen molar-refractivity contribution >= 4 is 5.91 Å². The van der Waals surface area contributed by atoms with Crippen molar-refractivity contribution in [3.63, 3.8) is 0 Å². The van der Waals surface area contributed by atoms with Crippen LogP contribution in [0.1, 0.15) is 22.0 Å². The van der Waals surface area contributed by atoms with E-state index in [1.54, 1.807) is 24.1 Å². The summed E-state index contributed by atoms with van der Waals surface area (Å²) in [6.07, 6.45) is 1.92. The number of rotatable bonds is 8. The van der Waals surface area contributed by atoms with Crippen LogP contribution in [0.3, 0.4) is 0 Å². The monoisotopic (exact) mass is 403 g/mol. The summed E-state index contributed by atoms with van der Waals surface area (Å²) in [6.45, 7) is 0.866. The number of amides is 1. The molecule has 1 amide bonds. The number of nitrogens with zero attached hydrogens (tertiary/aromatic N) is 3. The molecule has 152 valence electrons. The molecule has 0 saturated carbocycles. The maximum absolute atomic E-state index is 12.9. The zero-order valence-corrected chi connectivity index (χ0v) is 16.5. The third kappa shape index (κ3) is 4.57. The van der Waals surface area contributed by atoms with Crippen LogP contribution in [0.2, 0.25) is 0 Å². The predicted molar refractivity (Wildman–Crippen MR) is 110 cm³/mol. The Kier molecular flexibility index (Phi) is 5.89. The molecule has 7 heteroatoms. The number of furan rings is 1. The molecule has 0 saturated heterocycles. The summed E-state index contributed by atoms with van der Waals surface area (Å²) in [7, 11) is 1.61. The fourth-order valence-corrected chi connectivity index (χ4v) is 3.08. The summed E-state index contributed by atoms with van der Waals surface area (Å²) in [6, 6.07) is 20.6. The van der Waals surface area contributed by atoms with Crippen molar-refractivity contribution in [3.05, 3.63) is 90.2 Å². The van der Waals surface area contributed by atoms with Crippen LogP contribution in [0.4, 0.5) is 0 Å². The third-order valence-corrected chi connectivity index (χ3v) is 4.63. The molecule has 0 aliphatic carbocycles. The molecule has 0 atom stereocenters. The number of carbonyl (C=O) groups is 1. The van der Waals surface area contributed by atoms with Crippen LogP contribution in [0.15, 0.2) is 81.9 Å². The van der Waals surface area contributed by atoms with Crippen molar-refractivity contribution in [2.75, 3.05) is 13.7 Å². The van der Waals surface area contributed by atoms with Gasteiger partial charge in [-0.2, -0.15) is 4.98 Å². The van der Waals surface area contributed by atoms with Crippen LogP contribution in [-0.2, 0) is 13.0 Å². The predicted octanol–water partition coefficient (Wildman–Crippen LogP) is 4.22. The minimum Gasteiger partial charge on any atom is -0.497 e. The van der Waals surface area contributed by atoms with Gasteiger partial charge in [0.1, 0.15) is 5.75 Å². The molecule has 0 aliphatic heterocycles. The van der Waals surface area contributed by atoms with Crippen LogP contribution in [0.5, 0.6) is 5.75 Å². The maximum Gasteiger partial charge on any atom is 0.289 e. The summed E-state index contributed by atoms with van der Waals surface area (Å²) in [5, 5.41) is 4.05. The molecule has 0 N–H and O–H groups in total. The van der Waals surface area contributed by atoms with Crippen LogP contribution in [-0.4, -0.2) is 34.6 Å². The first-order valence-electron chi connectivity index (χ1n) is 9.56. The van der Waals surface area contributed by atoms with Gasteiger partial charge in [0, 0.05) is 25.1 Å². The molecule has 2 aromatic heterocycles. The van der Waals surface area contributed by atoms with Crippen molar-refractivity contribution in [2.45, 2.75) is 13.0 Å². The molecule has 0 aliphatic rings. The van der Waals surface area contributed by atoms with E-state index in [9.17, 15) is 4.79 Å². The molecule has 0 unspecified atom stereocenters. The van der Waals surface area contributed by atoms with E-state index < -0.39 is 0 Å². The SMILES string of the molecule is COc1cccc(-c2noc(CCN(Cc3ccccc3)C(=O)c3ccco3)n2)c1. The van der Waals surface area contributed by atoms with E-state index in [4.69, 9.17) is 13.7 Å². The van der Waals surface area contributed by atoms with Gasteiger partial charge in [0.25, 0.3) is 5.91 Å². The van der Waals surface area contributed by atoms with Gasteiger partial charge in [-0.15, -0.1) is 0 Å². The Labute approximate surface area is 173 Å². The van der Waals surface area contributed by atoms with Crippen molar-refractivity contribution in [1.29, 1.82) is 0 Å². The van der Waals surface area contributed by atoms with Gasteiger partial charge in [0.15, 0.2) is 5.76 Å². The molecule has 4 rings (SSSR count). The lowest BCUT2D eigenvalue weighted by atomic mass is 10.2. The lowest BCUT2D eigenvalue weighted by molar-refractivity contribution is 0.0709. The Bertz CT molecular complexity index is 1090. The zero-order chi connectivity index (χ0) is 20.8. The average Bonchev–Trinajstić information content (AvgIpc) is 3.49. The highest BCUT2D eigenvalue weighted by molar-refractivity contribution is 5.91. The lowest BCUT2D eigenvalue weighted by Crippen LogP contribution is -2.32. The van der Waals surface area contributed by atoms with Crippen LogP contribution < -0.4 is 4.74 Å². The quantitative estimate of drug-likeness (QED) is 0.438. The highest BCUT2D eigenvalue weighted by atomic mass is 16.5. The minimum absolute atomic E-state index is 0.184. The summed E-state index contributed by atoms with van der Waals surface area (Å²) < 4.78 is 15.9. The number of benzene rings is 2. The number of ether oxygens (including phenoxy) is 1. The number of aromatic nitrogens is 2. The van der Waals surface area contributed by atoms with Gasteiger partial charge in [-0.1, -0.05) is 47.6 Å². The second-order valence-electron chi connectivity index (χ2n) is 6.68. The summed E-state index contributed by atoms with van der Waals surface area (Å²) >= 11 is 0. The minimum atomic E-state index is -0.184. The Morgan fingerprint density at radius 3 is 2.70 bits per heavy atom. The molecule has 2 heterocycles. The van der Waals surface area contributed by atoms with Gasteiger partial charge in [-0.3, -0.25) is 4.79 Å². The molecule has 2 aromatic carbocycles. The standard InChI is InChI=1S/C23H21N3O4/c1-28-19-10-5-9-18(15-19)22-24-21(30-25-22)12-13-26(16-17-7-3-2-4-8-17)23(27)20-11-6-14-29-20/h2-11,14-15H,12-13,16H2,1H3. The number of hydrogen-bond donors (Lipinski definition) is 0. The largest absolute Gasteiger partial charge is 0.497 e. The van der Waals surface area contributed by atoms with Gasteiger partial charge < -0.3 is 18.6 Å². The summed E-state index contributed by atoms with van der Waals surface area (Å²) in [5.74, 6) is 1.77. The normalized spacial score (nSPS) is 10.7. The highest BCUT2D eigenvalue weighted by Crippen LogP contribution is 2.21. The van der Waals surface area contributed by atoms with E-state index in [2.05, 4.69) is 10.1 Å². The highest BCUT2D eigenvalue weighted by Gasteiger charge is 2.20. The first kappa shape index (κ1) is 19.4. The number of carbonyl (C=O) groups excluding carboxylic acids is 1. The zero-order valence-electron chi connectivity index (χ0n) is 16.5. The Balaban J connectivity index is 1.48. The Morgan fingerprint density at radius 2 is 1.93 bits per heavy atom. The van der Waals surface area contributed by atoms with Crippen LogP contribution in [0.25, 0.3) is 11.4 Å². The summed E-state index contributed by atoms with van der Waals surface area (Å²) in [5.41, 5.74) is 1.83. The maximum atomic E-state index is 12.9. The van der Waals surface area contributed by atoms with Crippen molar-refractivity contribution < 1.29 is 18.5 Å². The number of methoxy groups -OCH3 is 1. The number of hydrogen-bond acceptors (Lipinski definition) is 6. The second-order valence-corrected chi connectivity index (χ2v) is 6.68. The first-order chi connectivity index (χ1) is 14.7. The van der Waals surface area contributed by atoms with Crippen molar-refractivity contribution in [1.82, 2.24) is 15.0 Å². The van der Waals surface area contributed by atoms with Gasteiger partial charge in [0.2, 0.25) is 11.7 Å². The molecular formula is C23H21N3O4. The average molecular weight is 403 g/mol. The van der Waals surface area contributed by atoms with E-state index in [-0.39, 0.29) is 5.91 Å². The third-order valence-electron chi connectivity index (χ3n) is 4.63. The molecule has 30 heavy (non-hydrogen) atoms.